The van der Waals surface area contributed by atoms with Gasteiger partial charge >= 0.3 is 0 Å². The third-order valence-electron chi connectivity index (χ3n) is 4.17. The molecule has 2 aromatic rings. The summed E-state index contributed by atoms with van der Waals surface area (Å²) in [6.45, 7) is 3.09. The molecule has 2 N–H and O–H groups in total. The van der Waals surface area contributed by atoms with E-state index in [9.17, 15) is 9.59 Å². The van der Waals surface area contributed by atoms with Crippen molar-refractivity contribution in [2.45, 2.75) is 6.42 Å². The Labute approximate surface area is 145 Å². The van der Waals surface area contributed by atoms with Crippen LogP contribution in [0.25, 0.3) is 11.1 Å². The van der Waals surface area contributed by atoms with E-state index in [1.165, 1.54) is 11.3 Å². The van der Waals surface area contributed by atoms with Crippen LogP contribution in [0.4, 0.5) is 0 Å². The van der Waals surface area contributed by atoms with Gasteiger partial charge in [-0.05, 0) is 29.0 Å². The molecule has 3 rings (SSSR count). The summed E-state index contributed by atoms with van der Waals surface area (Å²) in [5, 5.41) is 2.03. The Morgan fingerprint density at radius 3 is 2.58 bits per heavy atom. The minimum Gasteiger partial charge on any atom is -0.369 e. The number of carbonyl (C=O) groups is 2. The maximum Gasteiger partial charge on any atom is 0.263 e. The lowest BCUT2D eigenvalue weighted by molar-refractivity contribution is -0.119. The van der Waals surface area contributed by atoms with Crippen LogP contribution in [0.2, 0.25) is 0 Å². The highest BCUT2D eigenvalue weighted by molar-refractivity contribution is 7.12. The summed E-state index contributed by atoms with van der Waals surface area (Å²) in [4.78, 5) is 28.5. The van der Waals surface area contributed by atoms with Crippen LogP contribution in [0.15, 0.2) is 41.8 Å². The second kappa shape index (κ2) is 7.59. The van der Waals surface area contributed by atoms with Crippen molar-refractivity contribution in [2.75, 3.05) is 32.7 Å². The van der Waals surface area contributed by atoms with E-state index < -0.39 is 0 Å². The summed E-state index contributed by atoms with van der Waals surface area (Å²) in [5.41, 5.74) is 7.46. The van der Waals surface area contributed by atoms with Crippen molar-refractivity contribution < 1.29 is 9.59 Å². The van der Waals surface area contributed by atoms with Crippen molar-refractivity contribution >= 4 is 23.2 Å². The Morgan fingerprint density at radius 2 is 1.83 bits per heavy atom. The number of nitrogens with two attached hydrogens (primary N) is 1. The summed E-state index contributed by atoms with van der Waals surface area (Å²) in [5.74, 6) is -0.247. The number of benzene rings is 1. The molecule has 126 valence electrons. The van der Waals surface area contributed by atoms with Gasteiger partial charge in [0.05, 0.1) is 11.4 Å². The number of carbonyl (C=O) groups excluding carboxylic acids is 2. The van der Waals surface area contributed by atoms with Crippen LogP contribution in [0.5, 0.6) is 0 Å². The van der Waals surface area contributed by atoms with Crippen LogP contribution in [-0.2, 0) is 4.79 Å². The van der Waals surface area contributed by atoms with Crippen molar-refractivity contribution in [3.63, 3.8) is 0 Å². The van der Waals surface area contributed by atoms with Crippen LogP contribution >= 0.6 is 11.3 Å². The summed E-state index contributed by atoms with van der Waals surface area (Å²) < 4.78 is 0. The molecule has 1 aliphatic rings. The van der Waals surface area contributed by atoms with Crippen LogP contribution in [0.3, 0.4) is 0 Å². The normalized spacial score (nSPS) is 15.9. The number of hydrogen-bond acceptors (Lipinski definition) is 4. The van der Waals surface area contributed by atoms with Crippen LogP contribution < -0.4 is 5.73 Å². The number of hydrogen-bond donors (Lipinski definition) is 1. The van der Waals surface area contributed by atoms with Gasteiger partial charge in [0.25, 0.3) is 5.91 Å². The molecule has 24 heavy (non-hydrogen) atoms. The Kier molecular flexibility index (Phi) is 5.27. The quantitative estimate of drug-likeness (QED) is 0.924. The molecule has 0 bridgehead atoms. The Balaban J connectivity index is 1.66. The molecule has 1 fully saturated rings. The van der Waals surface area contributed by atoms with Gasteiger partial charge in [-0.1, -0.05) is 30.3 Å². The molecule has 1 aromatic carbocycles. The molecule has 0 saturated carbocycles. The van der Waals surface area contributed by atoms with E-state index in [0.717, 1.165) is 29.0 Å². The molecule has 0 radical (unpaired) electrons. The second-order valence-electron chi connectivity index (χ2n) is 5.95. The average molecular weight is 343 g/mol. The van der Waals surface area contributed by atoms with Crippen LogP contribution in [0.1, 0.15) is 16.1 Å². The van der Waals surface area contributed by atoms with E-state index >= 15 is 0 Å². The first-order valence-corrected chi connectivity index (χ1v) is 8.95. The topological polar surface area (TPSA) is 66.6 Å². The molecule has 0 spiro atoms. The summed E-state index contributed by atoms with van der Waals surface area (Å²) in [6.07, 6.45) is 0.857. The number of nitrogens with zero attached hydrogens (tertiary/aromatic N) is 2. The van der Waals surface area contributed by atoms with E-state index in [1.54, 1.807) is 0 Å². The van der Waals surface area contributed by atoms with Crippen LogP contribution in [-0.4, -0.2) is 54.3 Å². The summed E-state index contributed by atoms with van der Waals surface area (Å²) >= 11 is 1.49. The van der Waals surface area contributed by atoms with Gasteiger partial charge in [-0.3, -0.25) is 14.5 Å². The van der Waals surface area contributed by atoms with Crippen molar-refractivity contribution in [3.8, 4) is 11.1 Å². The van der Waals surface area contributed by atoms with E-state index in [0.29, 0.717) is 19.6 Å². The van der Waals surface area contributed by atoms with E-state index in [1.807, 2.05) is 51.6 Å². The highest BCUT2D eigenvalue weighted by Crippen LogP contribution is 2.26. The van der Waals surface area contributed by atoms with E-state index in [2.05, 4.69) is 0 Å². The molecule has 1 aliphatic heterocycles. The SMILES string of the molecule is NC(=O)CN1CCCN(C(=O)c2cc(-c3ccccc3)cs2)CC1. The third-order valence-corrected chi connectivity index (χ3v) is 5.09. The number of primary amides is 1. The standard InChI is InChI=1S/C18H21N3O2S/c19-17(22)12-20-7-4-8-21(10-9-20)18(23)16-11-15(13-24-16)14-5-2-1-3-6-14/h1-3,5-6,11,13H,4,7-10,12H2,(H2,19,22). The highest BCUT2D eigenvalue weighted by Gasteiger charge is 2.22. The van der Waals surface area contributed by atoms with Gasteiger partial charge in [0.2, 0.25) is 5.91 Å². The molecular formula is C18H21N3O2S. The lowest BCUT2D eigenvalue weighted by atomic mass is 10.1. The number of amides is 2. The fraction of sp³-hybridized carbons (Fsp3) is 0.333. The van der Waals surface area contributed by atoms with Crippen molar-refractivity contribution in [1.82, 2.24) is 9.80 Å². The van der Waals surface area contributed by atoms with Gasteiger partial charge in [0, 0.05) is 26.2 Å². The zero-order valence-electron chi connectivity index (χ0n) is 13.5. The Bertz CT molecular complexity index is 714. The van der Waals surface area contributed by atoms with E-state index in [4.69, 9.17) is 5.73 Å². The van der Waals surface area contributed by atoms with Gasteiger partial charge in [0.1, 0.15) is 0 Å². The minimum atomic E-state index is -0.319. The molecule has 0 unspecified atom stereocenters. The first-order chi connectivity index (χ1) is 11.6. The molecular weight excluding hydrogens is 322 g/mol. The van der Waals surface area contributed by atoms with Gasteiger partial charge in [-0.25, -0.2) is 0 Å². The molecule has 1 aromatic heterocycles. The highest BCUT2D eigenvalue weighted by atomic mass is 32.1. The zero-order valence-corrected chi connectivity index (χ0v) is 14.3. The van der Waals surface area contributed by atoms with Gasteiger partial charge in [0.15, 0.2) is 0 Å². The fourth-order valence-electron chi connectivity index (χ4n) is 2.94. The number of rotatable bonds is 4. The van der Waals surface area contributed by atoms with Crippen molar-refractivity contribution in [2.24, 2.45) is 5.73 Å². The lowest BCUT2D eigenvalue weighted by Gasteiger charge is -2.20. The first-order valence-electron chi connectivity index (χ1n) is 8.07. The maximum atomic E-state index is 12.8. The van der Waals surface area contributed by atoms with Gasteiger partial charge in [-0.2, -0.15) is 0 Å². The molecule has 6 heteroatoms. The number of thiophene rings is 1. The zero-order chi connectivity index (χ0) is 16.9. The predicted octanol–water partition coefficient (Wildman–Crippen LogP) is 2.05. The molecule has 0 aliphatic carbocycles. The largest absolute Gasteiger partial charge is 0.369 e. The minimum absolute atomic E-state index is 0.0723. The van der Waals surface area contributed by atoms with Gasteiger partial charge < -0.3 is 10.6 Å². The molecule has 2 amide bonds. The lowest BCUT2D eigenvalue weighted by Crippen LogP contribution is -2.38. The van der Waals surface area contributed by atoms with Crippen molar-refractivity contribution in [1.29, 1.82) is 0 Å². The van der Waals surface area contributed by atoms with Crippen LogP contribution in [0, 0.1) is 0 Å². The predicted molar refractivity (Wildman–Crippen MR) is 95.9 cm³/mol. The summed E-state index contributed by atoms with van der Waals surface area (Å²) in [6, 6.07) is 12.0. The Morgan fingerprint density at radius 1 is 1.04 bits per heavy atom. The third kappa shape index (κ3) is 4.01. The average Bonchev–Trinajstić information content (AvgIpc) is 2.96. The second-order valence-corrected chi connectivity index (χ2v) is 6.87. The molecule has 5 nitrogen and oxygen atoms in total. The Hall–Kier alpha value is -2.18. The van der Waals surface area contributed by atoms with Gasteiger partial charge in [-0.15, -0.1) is 11.3 Å². The monoisotopic (exact) mass is 343 g/mol. The smallest absolute Gasteiger partial charge is 0.263 e. The first kappa shape index (κ1) is 16.7. The van der Waals surface area contributed by atoms with E-state index in [-0.39, 0.29) is 18.4 Å². The van der Waals surface area contributed by atoms with Crippen molar-refractivity contribution in [3.05, 3.63) is 46.7 Å². The molecule has 1 saturated heterocycles. The fourth-order valence-corrected chi connectivity index (χ4v) is 3.82. The molecule has 0 atom stereocenters. The summed E-state index contributed by atoms with van der Waals surface area (Å²) in [7, 11) is 0. The maximum absolute atomic E-state index is 12.8. The molecule has 2 heterocycles.